The van der Waals surface area contributed by atoms with E-state index >= 15 is 0 Å². The molecule has 3 atom stereocenters. The van der Waals surface area contributed by atoms with E-state index in [1.54, 1.807) is 23.0 Å². The van der Waals surface area contributed by atoms with Crippen molar-refractivity contribution in [3.63, 3.8) is 0 Å². The monoisotopic (exact) mass is 476 g/mol. The van der Waals surface area contributed by atoms with Crippen LogP contribution < -0.4 is 4.74 Å². The third kappa shape index (κ3) is 4.36. The molecule has 5 rings (SSSR count). The molecule has 180 valence electrons. The Bertz CT molecular complexity index is 1390. The largest absolute Gasteiger partial charge is 0.479 e. The Labute approximate surface area is 201 Å². The number of fused-ring (bicyclic) bond motifs is 1. The second-order valence-corrected chi connectivity index (χ2v) is 8.81. The van der Waals surface area contributed by atoms with Crippen LogP contribution in [0.15, 0.2) is 43.0 Å². The van der Waals surface area contributed by atoms with E-state index in [-0.39, 0.29) is 12.1 Å². The maximum atomic E-state index is 13.3. The van der Waals surface area contributed by atoms with Crippen molar-refractivity contribution < 1.29 is 19.3 Å². The summed E-state index contributed by atoms with van der Waals surface area (Å²) >= 11 is 0. The van der Waals surface area contributed by atoms with Gasteiger partial charge in [-0.05, 0) is 50.8 Å². The molecule has 0 radical (unpaired) electrons. The number of halogens is 1. The fourth-order valence-corrected chi connectivity index (χ4v) is 4.76. The lowest BCUT2D eigenvalue weighted by atomic mass is 9.93. The number of aliphatic hydroxyl groups is 2. The Morgan fingerprint density at radius 1 is 1.26 bits per heavy atom. The predicted octanol–water partition coefficient (Wildman–Crippen LogP) is 3.50. The average molecular weight is 477 g/mol. The predicted molar refractivity (Wildman–Crippen MR) is 124 cm³/mol. The molecule has 10 heteroatoms. The van der Waals surface area contributed by atoms with Crippen LogP contribution in [0.3, 0.4) is 0 Å². The summed E-state index contributed by atoms with van der Waals surface area (Å²) in [5, 5.41) is 38.6. The number of pyridine rings is 2. The second-order valence-electron chi connectivity index (χ2n) is 8.81. The van der Waals surface area contributed by atoms with E-state index in [1.165, 1.54) is 18.3 Å². The Kier molecular flexibility index (Phi) is 6.19. The third-order valence-corrected chi connectivity index (χ3v) is 6.53. The van der Waals surface area contributed by atoms with Gasteiger partial charge in [-0.3, -0.25) is 9.67 Å². The van der Waals surface area contributed by atoms with E-state index < -0.39 is 18.5 Å². The molecule has 0 unspecified atom stereocenters. The highest BCUT2D eigenvalue weighted by Gasteiger charge is 2.25. The third-order valence-electron chi connectivity index (χ3n) is 6.53. The Hall–Kier alpha value is -3.81. The Balaban J connectivity index is 1.56. The zero-order chi connectivity index (χ0) is 24.5. The minimum atomic E-state index is -0.872. The lowest BCUT2D eigenvalue weighted by Gasteiger charge is -2.27. The van der Waals surface area contributed by atoms with Gasteiger partial charge in [0, 0.05) is 23.0 Å². The SMILES string of the molecule is Cc1c(-c2cc(O[C@H](CO)c3ccc(F)cn3)c3c(C#N)cnn3c2)cnn1[C@H]1CCC[C@H](O)C1. The summed E-state index contributed by atoms with van der Waals surface area (Å²) < 4.78 is 23.0. The summed E-state index contributed by atoms with van der Waals surface area (Å²) in [6.07, 6.45) is 8.30. The van der Waals surface area contributed by atoms with Crippen LogP contribution in [0.5, 0.6) is 5.75 Å². The zero-order valence-electron chi connectivity index (χ0n) is 19.2. The average Bonchev–Trinajstić information content (AvgIpc) is 3.46. The smallest absolute Gasteiger partial charge is 0.163 e. The first-order valence-electron chi connectivity index (χ1n) is 11.5. The van der Waals surface area contributed by atoms with E-state index in [1.807, 2.05) is 11.6 Å². The van der Waals surface area contributed by atoms with Gasteiger partial charge < -0.3 is 14.9 Å². The molecule has 9 nitrogen and oxygen atoms in total. The van der Waals surface area contributed by atoms with Gasteiger partial charge in [-0.1, -0.05) is 0 Å². The highest BCUT2D eigenvalue weighted by atomic mass is 19.1. The van der Waals surface area contributed by atoms with Gasteiger partial charge in [0.25, 0.3) is 0 Å². The van der Waals surface area contributed by atoms with Crippen molar-refractivity contribution in [2.45, 2.75) is 50.9 Å². The molecule has 0 aromatic carbocycles. The summed E-state index contributed by atoms with van der Waals surface area (Å²) in [6, 6.07) is 6.74. The van der Waals surface area contributed by atoms with Gasteiger partial charge in [-0.2, -0.15) is 15.5 Å². The molecule has 1 aliphatic rings. The van der Waals surface area contributed by atoms with Gasteiger partial charge in [0.1, 0.15) is 28.7 Å². The van der Waals surface area contributed by atoms with E-state index in [2.05, 4.69) is 21.3 Å². The van der Waals surface area contributed by atoms with Gasteiger partial charge in [0.2, 0.25) is 0 Å². The van der Waals surface area contributed by atoms with Crippen LogP contribution in [0, 0.1) is 24.1 Å². The highest BCUT2D eigenvalue weighted by molar-refractivity contribution is 5.76. The summed E-state index contributed by atoms with van der Waals surface area (Å²) in [5.74, 6) is -0.155. The first kappa shape index (κ1) is 23.0. The van der Waals surface area contributed by atoms with Gasteiger partial charge in [-0.25, -0.2) is 8.91 Å². The molecule has 1 aliphatic carbocycles. The van der Waals surface area contributed by atoms with Crippen molar-refractivity contribution in [3.05, 3.63) is 65.8 Å². The first-order chi connectivity index (χ1) is 17.0. The van der Waals surface area contributed by atoms with Crippen molar-refractivity contribution in [2.75, 3.05) is 6.61 Å². The number of ether oxygens (including phenoxy) is 1. The molecule has 1 saturated carbocycles. The molecule has 0 amide bonds. The summed E-state index contributed by atoms with van der Waals surface area (Å²) in [5.41, 5.74) is 3.71. The standard InChI is InChI=1S/C25H25FN6O3/c1-15-21(12-30-32(15)19-3-2-4-20(34)8-19)16-7-23(25-17(9-27)10-29-31(25)13-16)35-24(14-33)22-6-5-18(26)11-28-22/h5-7,10-13,19-20,24,33-34H,2-4,8,14H2,1H3/t19-,20-,24+/m0/s1. The zero-order valence-corrected chi connectivity index (χ0v) is 19.2. The van der Waals surface area contributed by atoms with Crippen LogP contribution in [-0.2, 0) is 0 Å². The number of nitrogens with zero attached hydrogens (tertiary/aromatic N) is 6. The molecular formula is C25H25FN6O3. The number of hydrogen-bond donors (Lipinski definition) is 2. The fourth-order valence-electron chi connectivity index (χ4n) is 4.76. The van der Waals surface area contributed by atoms with E-state index in [0.29, 0.717) is 28.9 Å². The van der Waals surface area contributed by atoms with E-state index in [0.717, 1.165) is 42.3 Å². The molecule has 4 aromatic heterocycles. The molecule has 35 heavy (non-hydrogen) atoms. The number of rotatable bonds is 6. The minimum absolute atomic E-state index is 0.130. The quantitative estimate of drug-likeness (QED) is 0.437. The van der Waals surface area contributed by atoms with Crippen molar-refractivity contribution in [1.29, 1.82) is 5.26 Å². The number of aromatic nitrogens is 5. The van der Waals surface area contributed by atoms with Crippen LogP contribution in [0.1, 0.15) is 54.8 Å². The van der Waals surface area contributed by atoms with E-state index in [4.69, 9.17) is 4.74 Å². The highest BCUT2D eigenvalue weighted by Crippen LogP contribution is 2.36. The van der Waals surface area contributed by atoms with Crippen LogP contribution in [-0.4, -0.2) is 47.3 Å². The molecule has 2 N–H and O–H groups in total. The summed E-state index contributed by atoms with van der Waals surface area (Å²) in [7, 11) is 0. The second kappa shape index (κ2) is 9.44. The Morgan fingerprint density at radius 2 is 2.11 bits per heavy atom. The normalized spacial score (nSPS) is 18.9. The van der Waals surface area contributed by atoms with Gasteiger partial charge >= 0.3 is 0 Å². The maximum Gasteiger partial charge on any atom is 0.163 e. The molecular weight excluding hydrogens is 451 g/mol. The molecule has 0 bridgehead atoms. The fraction of sp³-hybridized carbons (Fsp3) is 0.360. The van der Waals surface area contributed by atoms with Gasteiger partial charge in [0.15, 0.2) is 6.10 Å². The maximum absolute atomic E-state index is 13.3. The minimum Gasteiger partial charge on any atom is -0.479 e. The molecule has 0 saturated heterocycles. The van der Waals surface area contributed by atoms with Crippen LogP contribution in [0.25, 0.3) is 16.6 Å². The van der Waals surface area contributed by atoms with Crippen molar-refractivity contribution in [2.24, 2.45) is 0 Å². The molecule has 1 fully saturated rings. The van der Waals surface area contributed by atoms with Crippen molar-refractivity contribution in [3.8, 4) is 22.9 Å². The van der Waals surface area contributed by atoms with E-state index in [9.17, 15) is 19.9 Å². The number of hydrogen-bond acceptors (Lipinski definition) is 7. The first-order valence-corrected chi connectivity index (χ1v) is 11.5. The lowest BCUT2D eigenvalue weighted by molar-refractivity contribution is 0.0995. The Morgan fingerprint density at radius 3 is 2.83 bits per heavy atom. The summed E-state index contributed by atoms with van der Waals surface area (Å²) in [4.78, 5) is 4.03. The lowest BCUT2D eigenvalue weighted by Crippen LogP contribution is -2.23. The molecule has 4 aromatic rings. The van der Waals surface area contributed by atoms with Gasteiger partial charge in [-0.15, -0.1) is 0 Å². The van der Waals surface area contributed by atoms with Crippen LogP contribution in [0.4, 0.5) is 4.39 Å². The molecule has 0 spiro atoms. The summed E-state index contributed by atoms with van der Waals surface area (Å²) in [6.45, 7) is 1.59. The number of aliphatic hydroxyl groups excluding tert-OH is 2. The van der Waals surface area contributed by atoms with Crippen molar-refractivity contribution in [1.82, 2.24) is 24.4 Å². The van der Waals surface area contributed by atoms with Crippen LogP contribution in [0.2, 0.25) is 0 Å². The topological polar surface area (TPSA) is 121 Å². The van der Waals surface area contributed by atoms with Crippen molar-refractivity contribution >= 4 is 5.52 Å². The number of nitriles is 1. The van der Waals surface area contributed by atoms with Gasteiger partial charge in [0.05, 0.1) is 43.0 Å². The van der Waals surface area contributed by atoms with Crippen LogP contribution >= 0.6 is 0 Å². The molecule has 4 heterocycles. The molecule has 0 aliphatic heterocycles.